The van der Waals surface area contributed by atoms with E-state index in [9.17, 15) is 14.4 Å². The third-order valence-electron chi connectivity index (χ3n) is 3.92. The maximum absolute atomic E-state index is 12.5. The van der Waals surface area contributed by atoms with E-state index in [-0.39, 0.29) is 12.5 Å². The molecule has 3 rings (SSSR count). The maximum atomic E-state index is 12.5. The molecule has 2 aromatic carbocycles. The van der Waals surface area contributed by atoms with Crippen LogP contribution in [0.5, 0.6) is 5.75 Å². The lowest BCUT2D eigenvalue weighted by atomic mass is 10.2. The molecule has 1 N–H and O–H groups in total. The Hall–Kier alpha value is -3.06. The van der Waals surface area contributed by atoms with Crippen LogP contribution in [0.25, 0.3) is 6.08 Å². The summed E-state index contributed by atoms with van der Waals surface area (Å²) in [6.07, 6.45) is 1.63. The van der Waals surface area contributed by atoms with E-state index in [1.807, 2.05) is 30.3 Å². The van der Waals surface area contributed by atoms with Gasteiger partial charge in [-0.05, 0) is 41.1 Å². The van der Waals surface area contributed by atoms with E-state index in [0.29, 0.717) is 17.2 Å². The van der Waals surface area contributed by atoms with Crippen LogP contribution in [0.1, 0.15) is 11.1 Å². The van der Waals surface area contributed by atoms with Crippen LogP contribution < -0.4 is 10.1 Å². The van der Waals surface area contributed by atoms with Gasteiger partial charge in [0.1, 0.15) is 12.3 Å². The van der Waals surface area contributed by atoms with Crippen molar-refractivity contribution in [3.63, 3.8) is 0 Å². The van der Waals surface area contributed by atoms with Gasteiger partial charge in [0, 0.05) is 6.54 Å². The zero-order chi connectivity index (χ0) is 19.2. The van der Waals surface area contributed by atoms with Crippen molar-refractivity contribution in [3.05, 3.63) is 70.6 Å². The van der Waals surface area contributed by atoms with Gasteiger partial charge in [-0.1, -0.05) is 42.5 Å². The summed E-state index contributed by atoms with van der Waals surface area (Å²) in [5, 5.41) is 2.27. The molecule has 0 saturated carbocycles. The van der Waals surface area contributed by atoms with Crippen molar-refractivity contribution in [2.75, 3.05) is 13.7 Å². The molecule has 0 atom stereocenters. The van der Waals surface area contributed by atoms with E-state index in [4.69, 9.17) is 4.74 Å². The second-order valence-electron chi connectivity index (χ2n) is 5.80. The normalized spacial score (nSPS) is 15.3. The lowest BCUT2D eigenvalue weighted by Crippen LogP contribution is -2.39. The second-order valence-corrected chi connectivity index (χ2v) is 6.80. The summed E-state index contributed by atoms with van der Waals surface area (Å²) in [6, 6.07) is 16.5. The summed E-state index contributed by atoms with van der Waals surface area (Å²) in [5.41, 5.74) is 1.72. The standard InChI is InChI=1S/C20H18N2O4S/c1-26-16-9-7-14(8-10-16)11-17-19(24)22(20(25)27-17)13-18(23)21-12-15-5-3-2-4-6-15/h2-11H,12-13H2,1H3,(H,21,23)/b17-11-. The van der Waals surface area contributed by atoms with Gasteiger partial charge in [0.2, 0.25) is 5.91 Å². The van der Waals surface area contributed by atoms with E-state index >= 15 is 0 Å². The number of benzene rings is 2. The third kappa shape index (κ3) is 4.77. The predicted molar refractivity (Wildman–Crippen MR) is 104 cm³/mol. The second kappa shape index (κ2) is 8.55. The Labute approximate surface area is 161 Å². The lowest BCUT2D eigenvalue weighted by Gasteiger charge is -2.12. The minimum atomic E-state index is -0.462. The number of amides is 3. The van der Waals surface area contributed by atoms with Gasteiger partial charge in [-0.2, -0.15) is 0 Å². The van der Waals surface area contributed by atoms with Crippen LogP contribution in [0.2, 0.25) is 0 Å². The number of carbonyl (C=O) groups excluding carboxylic acids is 3. The molecule has 1 heterocycles. The van der Waals surface area contributed by atoms with Crippen LogP contribution in [0, 0.1) is 0 Å². The van der Waals surface area contributed by atoms with Crippen LogP contribution in [0.4, 0.5) is 4.79 Å². The van der Waals surface area contributed by atoms with Crippen molar-refractivity contribution >= 4 is 34.9 Å². The van der Waals surface area contributed by atoms with Gasteiger partial charge in [0.25, 0.3) is 11.1 Å². The fourth-order valence-corrected chi connectivity index (χ4v) is 3.32. The number of ether oxygens (including phenoxy) is 1. The molecule has 0 radical (unpaired) electrons. The summed E-state index contributed by atoms with van der Waals surface area (Å²) in [4.78, 5) is 37.9. The Bertz CT molecular complexity index is 879. The van der Waals surface area contributed by atoms with Crippen LogP contribution in [0.3, 0.4) is 0 Å². The van der Waals surface area contributed by atoms with Gasteiger partial charge >= 0.3 is 0 Å². The van der Waals surface area contributed by atoms with Crippen LogP contribution >= 0.6 is 11.8 Å². The number of nitrogens with zero attached hydrogens (tertiary/aromatic N) is 1. The number of rotatable bonds is 6. The smallest absolute Gasteiger partial charge is 0.294 e. The monoisotopic (exact) mass is 382 g/mol. The first-order chi connectivity index (χ1) is 13.1. The Kier molecular flexibility index (Phi) is 5.93. The molecule has 0 unspecified atom stereocenters. The number of carbonyl (C=O) groups is 3. The third-order valence-corrected chi connectivity index (χ3v) is 4.83. The molecule has 7 heteroatoms. The summed E-state index contributed by atoms with van der Waals surface area (Å²) in [7, 11) is 1.57. The van der Waals surface area contributed by atoms with E-state index in [1.165, 1.54) is 0 Å². The fraction of sp³-hybridized carbons (Fsp3) is 0.150. The average Bonchev–Trinajstić information content (AvgIpc) is 2.95. The number of nitrogens with one attached hydrogen (secondary N) is 1. The highest BCUT2D eigenvalue weighted by Gasteiger charge is 2.36. The van der Waals surface area contributed by atoms with Gasteiger partial charge in [0.05, 0.1) is 12.0 Å². The Balaban J connectivity index is 1.61. The van der Waals surface area contributed by atoms with Gasteiger partial charge in [-0.3, -0.25) is 19.3 Å². The Morgan fingerprint density at radius 2 is 1.81 bits per heavy atom. The van der Waals surface area contributed by atoms with Crippen molar-refractivity contribution in [1.29, 1.82) is 0 Å². The molecule has 1 saturated heterocycles. The molecule has 0 aliphatic carbocycles. The molecule has 6 nitrogen and oxygen atoms in total. The highest BCUT2D eigenvalue weighted by atomic mass is 32.2. The number of methoxy groups -OCH3 is 1. The molecule has 1 aliphatic heterocycles. The molecule has 0 spiro atoms. The van der Waals surface area contributed by atoms with E-state index in [2.05, 4.69) is 5.32 Å². The SMILES string of the molecule is COc1ccc(/C=C2\SC(=O)N(CC(=O)NCc3ccccc3)C2=O)cc1. The van der Waals surface area contributed by atoms with E-state index < -0.39 is 11.1 Å². The van der Waals surface area contributed by atoms with E-state index in [0.717, 1.165) is 27.8 Å². The largest absolute Gasteiger partial charge is 0.497 e. The summed E-state index contributed by atoms with van der Waals surface area (Å²) < 4.78 is 5.09. The van der Waals surface area contributed by atoms with Crippen molar-refractivity contribution in [2.24, 2.45) is 0 Å². The first-order valence-electron chi connectivity index (χ1n) is 8.27. The molecule has 1 aliphatic rings. The molecular formula is C20H18N2O4S. The Morgan fingerprint density at radius 1 is 1.11 bits per heavy atom. The van der Waals surface area contributed by atoms with Crippen molar-refractivity contribution < 1.29 is 19.1 Å². The molecule has 0 bridgehead atoms. The van der Waals surface area contributed by atoms with Gasteiger partial charge < -0.3 is 10.1 Å². The summed E-state index contributed by atoms with van der Waals surface area (Å²) in [5.74, 6) is -0.141. The van der Waals surface area contributed by atoms with Crippen LogP contribution in [0.15, 0.2) is 59.5 Å². The van der Waals surface area contributed by atoms with Crippen LogP contribution in [-0.4, -0.2) is 35.6 Å². The Morgan fingerprint density at radius 3 is 2.48 bits per heavy atom. The minimum absolute atomic E-state index is 0.293. The minimum Gasteiger partial charge on any atom is -0.497 e. The number of imide groups is 1. The van der Waals surface area contributed by atoms with Crippen molar-refractivity contribution in [3.8, 4) is 5.75 Å². The van der Waals surface area contributed by atoms with E-state index in [1.54, 1.807) is 37.5 Å². The quantitative estimate of drug-likeness (QED) is 0.777. The lowest BCUT2D eigenvalue weighted by molar-refractivity contribution is -0.129. The molecule has 0 aromatic heterocycles. The molecule has 27 heavy (non-hydrogen) atoms. The van der Waals surface area contributed by atoms with Crippen molar-refractivity contribution in [2.45, 2.75) is 6.54 Å². The van der Waals surface area contributed by atoms with Crippen molar-refractivity contribution in [1.82, 2.24) is 10.2 Å². The highest BCUT2D eigenvalue weighted by molar-refractivity contribution is 8.18. The number of thioether (sulfide) groups is 1. The number of hydrogen-bond donors (Lipinski definition) is 1. The molecular weight excluding hydrogens is 364 g/mol. The van der Waals surface area contributed by atoms with Gasteiger partial charge in [-0.25, -0.2) is 0 Å². The molecule has 3 amide bonds. The average molecular weight is 382 g/mol. The predicted octanol–water partition coefficient (Wildman–Crippen LogP) is 3.05. The highest BCUT2D eigenvalue weighted by Crippen LogP contribution is 2.32. The molecule has 2 aromatic rings. The summed E-state index contributed by atoms with van der Waals surface area (Å²) in [6.45, 7) is 0.0506. The van der Waals surface area contributed by atoms with Gasteiger partial charge in [0.15, 0.2) is 0 Å². The molecule has 138 valence electrons. The first-order valence-corrected chi connectivity index (χ1v) is 9.08. The zero-order valence-corrected chi connectivity index (χ0v) is 15.5. The van der Waals surface area contributed by atoms with Gasteiger partial charge in [-0.15, -0.1) is 0 Å². The fourth-order valence-electron chi connectivity index (χ4n) is 2.48. The number of hydrogen-bond acceptors (Lipinski definition) is 5. The molecule has 1 fully saturated rings. The first kappa shape index (κ1) is 18.7. The summed E-state index contributed by atoms with van der Waals surface area (Å²) >= 11 is 0.830. The topological polar surface area (TPSA) is 75.7 Å². The zero-order valence-electron chi connectivity index (χ0n) is 14.7. The van der Waals surface area contributed by atoms with Crippen LogP contribution in [-0.2, 0) is 16.1 Å². The maximum Gasteiger partial charge on any atom is 0.294 e.